The molecule has 1 aliphatic heterocycles. The topological polar surface area (TPSA) is 58.9 Å². The van der Waals surface area contributed by atoms with Gasteiger partial charge >= 0.3 is 0 Å². The number of ether oxygens (including phenoxy) is 2. The highest BCUT2D eigenvalue weighted by molar-refractivity contribution is 5.53. The summed E-state index contributed by atoms with van der Waals surface area (Å²) in [6, 6.07) is 1.56. The van der Waals surface area contributed by atoms with E-state index in [1.165, 1.54) is 7.11 Å². The van der Waals surface area contributed by atoms with Crippen LogP contribution in [0.5, 0.6) is 11.5 Å². The van der Waals surface area contributed by atoms with E-state index in [1.54, 1.807) is 13.0 Å². The number of benzene rings is 1. The van der Waals surface area contributed by atoms with Crippen molar-refractivity contribution in [3.05, 3.63) is 22.8 Å². The summed E-state index contributed by atoms with van der Waals surface area (Å²) >= 11 is 0. The van der Waals surface area contributed by atoms with E-state index in [2.05, 4.69) is 0 Å². The van der Waals surface area contributed by atoms with Crippen molar-refractivity contribution in [1.82, 2.24) is 0 Å². The molecule has 0 aromatic heterocycles. The van der Waals surface area contributed by atoms with Crippen LogP contribution in [-0.2, 0) is 11.3 Å². The number of phenols is 1. The average Bonchev–Trinajstić information content (AvgIpc) is 2.27. The summed E-state index contributed by atoms with van der Waals surface area (Å²) in [5.74, 6) is 0.702. The molecule has 4 nitrogen and oxygen atoms in total. The molecule has 0 amide bonds. The van der Waals surface area contributed by atoms with E-state index in [9.17, 15) is 10.2 Å². The minimum atomic E-state index is -0.718. The molecule has 1 aromatic rings. The van der Waals surface area contributed by atoms with Gasteiger partial charge in [-0.2, -0.15) is 0 Å². The van der Waals surface area contributed by atoms with Crippen LogP contribution in [0.15, 0.2) is 6.07 Å². The summed E-state index contributed by atoms with van der Waals surface area (Å²) < 4.78 is 10.6. The second kappa shape index (κ2) is 3.96. The number of aliphatic hydroxyl groups is 1. The summed E-state index contributed by atoms with van der Waals surface area (Å²) in [4.78, 5) is 0. The van der Waals surface area contributed by atoms with Gasteiger partial charge in [0.05, 0.1) is 19.8 Å². The molecule has 1 heterocycles. The van der Waals surface area contributed by atoms with Crippen molar-refractivity contribution in [3.63, 3.8) is 0 Å². The molecule has 0 bridgehead atoms. The first-order valence-corrected chi connectivity index (χ1v) is 5.25. The maximum Gasteiger partial charge on any atom is 0.128 e. The van der Waals surface area contributed by atoms with Crippen molar-refractivity contribution < 1.29 is 19.7 Å². The fraction of sp³-hybridized carbons (Fsp3) is 0.500. The number of hydrogen-bond acceptors (Lipinski definition) is 4. The standard InChI is InChI=1S/C12H16O4/c1-6-9(13)4-10(15-3)8-5-16-7(2)12(14)11(6)8/h4,7,12-14H,5H2,1-3H3/t7-,12-/m1/s1. The lowest BCUT2D eigenvalue weighted by Crippen LogP contribution is -2.26. The van der Waals surface area contributed by atoms with Gasteiger partial charge in [0, 0.05) is 11.6 Å². The van der Waals surface area contributed by atoms with Gasteiger partial charge in [0.1, 0.15) is 17.6 Å². The molecule has 0 spiro atoms. The highest BCUT2D eigenvalue weighted by Crippen LogP contribution is 2.40. The van der Waals surface area contributed by atoms with Gasteiger partial charge in [-0.15, -0.1) is 0 Å². The molecule has 2 rings (SSSR count). The second-order valence-corrected chi connectivity index (χ2v) is 4.08. The van der Waals surface area contributed by atoms with Crippen molar-refractivity contribution in [2.45, 2.75) is 32.7 Å². The van der Waals surface area contributed by atoms with Crippen LogP contribution in [-0.4, -0.2) is 23.4 Å². The lowest BCUT2D eigenvalue weighted by molar-refractivity contribution is -0.0536. The van der Waals surface area contributed by atoms with Crippen molar-refractivity contribution >= 4 is 0 Å². The van der Waals surface area contributed by atoms with Crippen LogP contribution >= 0.6 is 0 Å². The van der Waals surface area contributed by atoms with E-state index >= 15 is 0 Å². The smallest absolute Gasteiger partial charge is 0.128 e. The summed E-state index contributed by atoms with van der Waals surface area (Å²) in [7, 11) is 1.54. The Bertz CT molecular complexity index is 414. The Morgan fingerprint density at radius 3 is 2.81 bits per heavy atom. The van der Waals surface area contributed by atoms with E-state index in [0.29, 0.717) is 17.9 Å². The Morgan fingerprint density at radius 2 is 2.19 bits per heavy atom. The van der Waals surface area contributed by atoms with Crippen LogP contribution in [0.1, 0.15) is 29.7 Å². The Morgan fingerprint density at radius 1 is 1.50 bits per heavy atom. The molecule has 0 saturated carbocycles. The predicted octanol–water partition coefficient (Wildman–Crippen LogP) is 1.66. The molecule has 1 aromatic carbocycles. The van der Waals surface area contributed by atoms with Gasteiger partial charge in [-0.1, -0.05) is 0 Å². The monoisotopic (exact) mass is 224 g/mol. The number of methoxy groups -OCH3 is 1. The maximum absolute atomic E-state index is 10.1. The number of phenolic OH excluding ortho intramolecular Hbond substituents is 1. The maximum atomic E-state index is 10.1. The highest BCUT2D eigenvalue weighted by atomic mass is 16.5. The molecule has 0 fully saturated rings. The van der Waals surface area contributed by atoms with Crippen molar-refractivity contribution in [3.8, 4) is 11.5 Å². The zero-order valence-corrected chi connectivity index (χ0v) is 9.65. The third-order valence-electron chi connectivity index (χ3n) is 3.13. The number of hydrogen-bond donors (Lipinski definition) is 2. The molecule has 88 valence electrons. The van der Waals surface area contributed by atoms with Gasteiger partial charge in [-0.05, 0) is 25.0 Å². The minimum absolute atomic E-state index is 0.142. The zero-order valence-electron chi connectivity index (χ0n) is 9.65. The molecule has 2 N–H and O–H groups in total. The van der Waals surface area contributed by atoms with Gasteiger partial charge in [0.25, 0.3) is 0 Å². The van der Waals surface area contributed by atoms with E-state index in [4.69, 9.17) is 9.47 Å². The molecule has 1 aliphatic rings. The van der Waals surface area contributed by atoms with Gasteiger partial charge in [0.2, 0.25) is 0 Å². The number of fused-ring (bicyclic) bond motifs is 1. The predicted molar refractivity (Wildman–Crippen MR) is 58.6 cm³/mol. The third kappa shape index (κ3) is 1.54. The third-order valence-corrected chi connectivity index (χ3v) is 3.13. The summed E-state index contributed by atoms with van der Waals surface area (Å²) in [5, 5.41) is 19.8. The first-order chi connectivity index (χ1) is 7.56. The Labute approximate surface area is 94.4 Å². The first kappa shape index (κ1) is 11.2. The SMILES string of the molecule is COc1cc(O)c(C)c2c1CO[C@H](C)[C@H]2O. The van der Waals surface area contributed by atoms with Crippen LogP contribution in [0, 0.1) is 6.92 Å². The van der Waals surface area contributed by atoms with Crippen LogP contribution in [0.4, 0.5) is 0 Å². The molecule has 16 heavy (non-hydrogen) atoms. The molecule has 0 radical (unpaired) electrons. The first-order valence-electron chi connectivity index (χ1n) is 5.25. The lowest BCUT2D eigenvalue weighted by Gasteiger charge is -2.30. The molecule has 0 unspecified atom stereocenters. The van der Waals surface area contributed by atoms with Crippen LogP contribution in [0.2, 0.25) is 0 Å². The molecule has 4 heteroatoms. The Hall–Kier alpha value is -1.26. The summed E-state index contributed by atoms with van der Waals surface area (Å²) in [6.07, 6.45) is -0.984. The fourth-order valence-corrected chi connectivity index (χ4v) is 2.09. The van der Waals surface area contributed by atoms with E-state index in [0.717, 1.165) is 11.1 Å². The van der Waals surface area contributed by atoms with Crippen molar-refractivity contribution in [2.75, 3.05) is 7.11 Å². The number of rotatable bonds is 1. The van der Waals surface area contributed by atoms with Gasteiger partial charge in [0.15, 0.2) is 0 Å². The quantitative estimate of drug-likeness (QED) is 0.761. The normalized spacial score (nSPS) is 24.0. The Kier molecular flexibility index (Phi) is 2.78. The number of aliphatic hydroxyl groups excluding tert-OH is 1. The summed E-state index contributed by atoms with van der Waals surface area (Å²) in [6.45, 7) is 4.00. The van der Waals surface area contributed by atoms with Crippen LogP contribution in [0.3, 0.4) is 0 Å². The highest BCUT2D eigenvalue weighted by Gasteiger charge is 2.30. The molecule has 2 atom stereocenters. The van der Waals surface area contributed by atoms with Crippen molar-refractivity contribution in [2.24, 2.45) is 0 Å². The summed E-state index contributed by atoms with van der Waals surface area (Å²) in [5.41, 5.74) is 2.25. The Balaban J connectivity index is 2.64. The fourth-order valence-electron chi connectivity index (χ4n) is 2.09. The van der Waals surface area contributed by atoms with Crippen LogP contribution < -0.4 is 4.74 Å². The van der Waals surface area contributed by atoms with E-state index in [1.807, 2.05) is 6.92 Å². The minimum Gasteiger partial charge on any atom is -0.508 e. The van der Waals surface area contributed by atoms with Gasteiger partial charge in [-0.3, -0.25) is 0 Å². The van der Waals surface area contributed by atoms with Crippen molar-refractivity contribution in [1.29, 1.82) is 0 Å². The largest absolute Gasteiger partial charge is 0.508 e. The van der Waals surface area contributed by atoms with Gasteiger partial charge in [-0.25, -0.2) is 0 Å². The molecular weight excluding hydrogens is 208 g/mol. The molecular formula is C12H16O4. The number of aromatic hydroxyl groups is 1. The average molecular weight is 224 g/mol. The van der Waals surface area contributed by atoms with E-state index < -0.39 is 6.10 Å². The zero-order chi connectivity index (χ0) is 11.9. The lowest BCUT2D eigenvalue weighted by atomic mass is 9.91. The van der Waals surface area contributed by atoms with Crippen LogP contribution in [0.25, 0.3) is 0 Å². The van der Waals surface area contributed by atoms with Gasteiger partial charge < -0.3 is 19.7 Å². The molecule has 0 aliphatic carbocycles. The second-order valence-electron chi connectivity index (χ2n) is 4.08. The molecule has 0 saturated heterocycles. The van der Waals surface area contributed by atoms with E-state index in [-0.39, 0.29) is 11.9 Å².